The minimum Gasteiger partial charge on any atom is -0.478 e. The van der Waals surface area contributed by atoms with Gasteiger partial charge in [0, 0.05) is 31.2 Å². The molecule has 1 aliphatic heterocycles. The van der Waals surface area contributed by atoms with Crippen LogP contribution in [0.2, 0.25) is 0 Å². The van der Waals surface area contributed by atoms with Gasteiger partial charge in [0.15, 0.2) is 0 Å². The molecule has 0 aliphatic carbocycles. The third-order valence-electron chi connectivity index (χ3n) is 3.38. The number of aromatic carboxylic acids is 1. The van der Waals surface area contributed by atoms with Crippen LogP contribution >= 0.6 is 0 Å². The minimum absolute atomic E-state index is 0.0304. The van der Waals surface area contributed by atoms with Crippen LogP contribution in [0.3, 0.4) is 0 Å². The summed E-state index contributed by atoms with van der Waals surface area (Å²) < 4.78 is 0. The number of carbonyl (C=O) groups excluding carboxylic acids is 1. The van der Waals surface area contributed by atoms with Gasteiger partial charge in [-0.05, 0) is 38.0 Å². The molecule has 0 fully saturated rings. The van der Waals surface area contributed by atoms with E-state index >= 15 is 0 Å². The van der Waals surface area contributed by atoms with Gasteiger partial charge in [-0.3, -0.25) is 4.79 Å². The second kappa shape index (κ2) is 5.94. The van der Waals surface area contributed by atoms with Gasteiger partial charge < -0.3 is 15.3 Å². The van der Waals surface area contributed by atoms with Crippen molar-refractivity contribution in [3.63, 3.8) is 0 Å². The molecule has 1 aromatic carbocycles. The number of benzene rings is 1. The first-order chi connectivity index (χ1) is 9.47. The van der Waals surface area contributed by atoms with E-state index in [1.807, 2.05) is 19.9 Å². The smallest absolute Gasteiger partial charge is 0.335 e. The molecule has 0 atom stereocenters. The fraction of sp³-hybridized carbons (Fsp3) is 0.467. The zero-order chi connectivity index (χ0) is 14.7. The molecule has 0 bridgehead atoms. The minimum atomic E-state index is -0.919. The van der Waals surface area contributed by atoms with Crippen LogP contribution in [-0.4, -0.2) is 36.1 Å². The lowest BCUT2D eigenvalue weighted by atomic mass is 10.1. The van der Waals surface area contributed by atoms with Crippen LogP contribution in [0.15, 0.2) is 18.2 Å². The number of hydrogen-bond donors (Lipinski definition) is 2. The molecule has 2 N–H and O–H groups in total. The summed E-state index contributed by atoms with van der Waals surface area (Å²) in [6.45, 7) is 5.33. The summed E-state index contributed by atoms with van der Waals surface area (Å²) in [6, 6.07) is 5.35. The number of anilines is 1. The molecule has 20 heavy (non-hydrogen) atoms. The number of nitrogens with one attached hydrogen (secondary N) is 1. The highest BCUT2D eigenvalue weighted by Gasteiger charge is 2.21. The number of carboxylic acids is 1. The van der Waals surface area contributed by atoms with E-state index in [9.17, 15) is 9.59 Å². The summed E-state index contributed by atoms with van der Waals surface area (Å²) >= 11 is 0. The van der Waals surface area contributed by atoms with Gasteiger partial charge in [0.1, 0.15) is 0 Å². The highest BCUT2D eigenvalue weighted by Crippen LogP contribution is 2.29. The highest BCUT2D eigenvalue weighted by molar-refractivity contribution is 5.89. The predicted molar refractivity (Wildman–Crippen MR) is 77.2 cm³/mol. The van der Waals surface area contributed by atoms with E-state index in [4.69, 9.17) is 5.11 Å². The molecular formula is C15H20N2O3. The van der Waals surface area contributed by atoms with Crippen molar-refractivity contribution in [2.75, 3.05) is 18.0 Å². The normalized spacial score (nSPS) is 13.4. The van der Waals surface area contributed by atoms with Crippen molar-refractivity contribution in [1.82, 2.24) is 5.32 Å². The van der Waals surface area contributed by atoms with Crippen LogP contribution in [0.4, 0.5) is 5.69 Å². The summed E-state index contributed by atoms with van der Waals surface area (Å²) in [6.07, 6.45) is 1.33. The zero-order valence-electron chi connectivity index (χ0n) is 11.8. The van der Waals surface area contributed by atoms with Crippen LogP contribution < -0.4 is 10.2 Å². The van der Waals surface area contributed by atoms with Crippen molar-refractivity contribution in [1.29, 1.82) is 0 Å². The van der Waals surface area contributed by atoms with Crippen molar-refractivity contribution in [2.45, 2.75) is 32.7 Å². The standard InChI is InChI=1S/C15H20N2O3/c1-10(2)16-14(18)6-8-17-7-5-11-3-4-12(15(19)20)9-13(11)17/h3-4,9-10H,5-8H2,1-2H3,(H,16,18)(H,19,20). The van der Waals surface area contributed by atoms with Gasteiger partial charge in [0.05, 0.1) is 5.56 Å². The number of amides is 1. The number of hydrogen-bond acceptors (Lipinski definition) is 3. The molecule has 1 aliphatic rings. The first-order valence-corrected chi connectivity index (χ1v) is 6.88. The van der Waals surface area contributed by atoms with Gasteiger partial charge >= 0.3 is 5.97 Å². The highest BCUT2D eigenvalue weighted by atomic mass is 16.4. The number of fused-ring (bicyclic) bond motifs is 1. The summed E-state index contributed by atoms with van der Waals surface area (Å²) in [5, 5.41) is 11.9. The fourth-order valence-electron chi connectivity index (χ4n) is 2.44. The molecule has 0 saturated heterocycles. The number of nitrogens with zero attached hydrogens (tertiary/aromatic N) is 1. The Balaban J connectivity index is 2.02. The van der Waals surface area contributed by atoms with E-state index in [-0.39, 0.29) is 11.9 Å². The van der Waals surface area contributed by atoms with Crippen LogP contribution in [0.1, 0.15) is 36.2 Å². The molecule has 1 heterocycles. The molecule has 0 unspecified atom stereocenters. The first-order valence-electron chi connectivity index (χ1n) is 6.88. The lowest BCUT2D eigenvalue weighted by Crippen LogP contribution is -2.33. The number of carboxylic acid groups (broad SMARTS) is 1. The van der Waals surface area contributed by atoms with Gasteiger partial charge in [0.2, 0.25) is 5.91 Å². The monoisotopic (exact) mass is 276 g/mol. The zero-order valence-corrected chi connectivity index (χ0v) is 11.8. The van der Waals surface area contributed by atoms with Gasteiger partial charge in [-0.1, -0.05) is 6.07 Å². The van der Waals surface area contributed by atoms with Gasteiger partial charge in [0.25, 0.3) is 0 Å². The van der Waals surface area contributed by atoms with E-state index in [0.29, 0.717) is 18.5 Å². The molecule has 2 rings (SSSR count). The molecule has 1 aromatic rings. The van der Waals surface area contributed by atoms with Crippen LogP contribution in [-0.2, 0) is 11.2 Å². The third kappa shape index (κ3) is 3.29. The lowest BCUT2D eigenvalue weighted by Gasteiger charge is -2.19. The van der Waals surface area contributed by atoms with E-state index in [1.54, 1.807) is 12.1 Å². The largest absolute Gasteiger partial charge is 0.478 e. The summed E-state index contributed by atoms with van der Waals surface area (Å²) in [4.78, 5) is 24.8. The van der Waals surface area contributed by atoms with Crippen LogP contribution in [0, 0.1) is 0 Å². The quantitative estimate of drug-likeness (QED) is 0.858. The first kappa shape index (κ1) is 14.4. The van der Waals surface area contributed by atoms with Gasteiger partial charge in [-0.2, -0.15) is 0 Å². The molecule has 1 amide bonds. The van der Waals surface area contributed by atoms with Gasteiger partial charge in [-0.25, -0.2) is 4.79 Å². The molecule has 0 spiro atoms. The van der Waals surface area contributed by atoms with Gasteiger partial charge in [-0.15, -0.1) is 0 Å². The predicted octanol–water partition coefficient (Wildman–Crippen LogP) is 1.66. The Morgan fingerprint density at radius 1 is 1.40 bits per heavy atom. The average Bonchev–Trinajstić information content (AvgIpc) is 2.77. The Hall–Kier alpha value is -2.04. The second-order valence-corrected chi connectivity index (χ2v) is 5.36. The average molecular weight is 276 g/mol. The molecule has 5 heteroatoms. The Morgan fingerprint density at radius 3 is 2.80 bits per heavy atom. The van der Waals surface area contributed by atoms with Crippen LogP contribution in [0.25, 0.3) is 0 Å². The van der Waals surface area contributed by atoms with E-state index < -0.39 is 5.97 Å². The molecular weight excluding hydrogens is 256 g/mol. The number of carbonyl (C=O) groups is 2. The van der Waals surface area contributed by atoms with E-state index in [0.717, 1.165) is 24.2 Å². The van der Waals surface area contributed by atoms with Crippen molar-refractivity contribution in [3.05, 3.63) is 29.3 Å². The topological polar surface area (TPSA) is 69.6 Å². The molecule has 0 radical (unpaired) electrons. The maximum Gasteiger partial charge on any atom is 0.335 e. The van der Waals surface area contributed by atoms with Crippen LogP contribution in [0.5, 0.6) is 0 Å². The Morgan fingerprint density at radius 2 is 2.15 bits per heavy atom. The molecule has 108 valence electrons. The maximum absolute atomic E-state index is 11.7. The van der Waals surface area contributed by atoms with E-state index in [2.05, 4.69) is 10.2 Å². The summed E-state index contributed by atoms with van der Waals surface area (Å²) in [5.41, 5.74) is 2.39. The Kier molecular flexibility index (Phi) is 4.27. The van der Waals surface area contributed by atoms with Crippen molar-refractivity contribution < 1.29 is 14.7 Å². The SMILES string of the molecule is CC(C)NC(=O)CCN1CCc2ccc(C(=O)O)cc21. The third-order valence-corrected chi connectivity index (χ3v) is 3.38. The number of rotatable bonds is 5. The Bertz CT molecular complexity index is 526. The molecule has 0 saturated carbocycles. The summed E-state index contributed by atoms with van der Waals surface area (Å²) in [7, 11) is 0. The molecule has 5 nitrogen and oxygen atoms in total. The summed E-state index contributed by atoms with van der Waals surface area (Å²) in [5.74, 6) is -0.889. The Labute approximate surface area is 118 Å². The van der Waals surface area contributed by atoms with Crippen molar-refractivity contribution in [2.24, 2.45) is 0 Å². The van der Waals surface area contributed by atoms with Crippen molar-refractivity contribution in [3.8, 4) is 0 Å². The molecule has 0 aromatic heterocycles. The fourth-order valence-corrected chi connectivity index (χ4v) is 2.44. The second-order valence-electron chi connectivity index (χ2n) is 5.36. The van der Waals surface area contributed by atoms with E-state index in [1.165, 1.54) is 0 Å². The lowest BCUT2D eigenvalue weighted by molar-refractivity contribution is -0.121. The van der Waals surface area contributed by atoms with Crippen molar-refractivity contribution >= 4 is 17.6 Å². The maximum atomic E-state index is 11.7.